The molecule has 0 saturated carbocycles. The van der Waals surface area contributed by atoms with Gasteiger partial charge in [-0.2, -0.15) is 49.6 Å². The Balaban J connectivity index is 0.000000729. The fraction of sp³-hybridized carbons (Fsp3) is 0. The Kier molecular flexibility index (Phi) is 21.8. The summed E-state index contributed by atoms with van der Waals surface area (Å²) in [5.41, 5.74) is 0. The standard InChI is InChI=1S/4C6H7O6PS.Zr/c4*7-13(8,12-14(9,10)11)6-4-2-1-3-5-6;/h4*1-5H,(H,7,8)(H,9,10,11);/q;;;;+4/p-4. The molecule has 0 aromatic heterocycles. The van der Waals surface area contributed by atoms with Crippen LogP contribution in [0, 0.1) is 0 Å². The van der Waals surface area contributed by atoms with Crippen LogP contribution in [-0.4, -0.2) is 51.9 Å². The molecule has 0 fully saturated rings. The molecule has 0 aliphatic rings. The summed E-state index contributed by atoms with van der Waals surface area (Å²) in [6.07, 6.45) is 0. The van der Waals surface area contributed by atoms with Gasteiger partial charge in [-0.15, -0.1) is 0 Å². The Morgan fingerprint density at radius 3 is 0.561 bits per heavy atom. The van der Waals surface area contributed by atoms with Crippen molar-refractivity contribution in [1.82, 2.24) is 0 Å². The van der Waals surface area contributed by atoms with Gasteiger partial charge in [0.15, 0.2) is 30.4 Å². The summed E-state index contributed by atoms with van der Waals surface area (Å²) < 4.78 is 173. The maximum absolute atomic E-state index is 11.1. The maximum Gasteiger partial charge on any atom is 4.00 e. The van der Waals surface area contributed by atoms with E-state index < -0.39 is 72.0 Å². The predicted octanol–water partition coefficient (Wildman–Crippen LogP) is -1.26. The van der Waals surface area contributed by atoms with Gasteiger partial charge in [0.25, 0.3) is 0 Å². The van der Waals surface area contributed by atoms with Crippen LogP contribution >= 0.6 is 30.4 Å². The molecular formula is C24H24O24P4S4Zr. The van der Waals surface area contributed by atoms with E-state index >= 15 is 0 Å². The second kappa shape index (κ2) is 22.6. The predicted molar refractivity (Wildman–Crippen MR) is 185 cm³/mol. The van der Waals surface area contributed by atoms with Crippen LogP contribution in [0.25, 0.3) is 0 Å². The van der Waals surface area contributed by atoms with Gasteiger partial charge in [-0.1, -0.05) is 121 Å². The second-order valence-electron chi connectivity index (χ2n) is 9.34. The number of hydrogen-bond donors (Lipinski definition) is 4. The van der Waals surface area contributed by atoms with Crippen LogP contribution in [0.4, 0.5) is 0 Å². The Labute approximate surface area is 344 Å². The average molecular weight is 1040 g/mol. The van der Waals surface area contributed by atoms with Gasteiger partial charge in [0.05, 0.1) is 0 Å². The normalized spacial score (nSPS) is 15.9. The van der Waals surface area contributed by atoms with Gasteiger partial charge in [-0.05, 0) is 0 Å². The van der Waals surface area contributed by atoms with Crippen LogP contribution in [0.3, 0.4) is 0 Å². The molecule has 0 bridgehead atoms. The molecule has 0 amide bonds. The molecule has 4 aromatic carbocycles. The first-order chi connectivity index (χ1) is 25.2. The number of benzene rings is 4. The van der Waals surface area contributed by atoms with Gasteiger partial charge in [0, 0.05) is 21.2 Å². The summed E-state index contributed by atoms with van der Waals surface area (Å²) in [7, 11) is -39.0. The molecule has 0 heterocycles. The first-order valence-electron chi connectivity index (χ1n) is 13.5. The third kappa shape index (κ3) is 24.0. The Bertz CT molecular complexity index is 2180. The van der Waals surface area contributed by atoms with Crippen molar-refractivity contribution in [1.29, 1.82) is 0 Å². The molecule has 0 spiro atoms. The zero-order chi connectivity index (χ0) is 43.3. The summed E-state index contributed by atoms with van der Waals surface area (Å²) in [6.45, 7) is 0. The molecule has 4 rings (SSSR count). The van der Waals surface area contributed by atoms with Gasteiger partial charge >= 0.3 is 67.8 Å². The van der Waals surface area contributed by atoms with Crippen LogP contribution in [0.15, 0.2) is 121 Å². The molecule has 4 aromatic rings. The average Bonchev–Trinajstić information content (AvgIpc) is 3.03. The van der Waals surface area contributed by atoms with Crippen LogP contribution in [0.1, 0.15) is 0 Å². The van der Waals surface area contributed by atoms with Gasteiger partial charge in [0.1, 0.15) is 0 Å². The van der Waals surface area contributed by atoms with E-state index in [4.69, 9.17) is 18.2 Å². The molecular weight excluding hydrogens is 1020 g/mol. The van der Waals surface area contributed by atoms with Gasteiger partial charge in [0.2, 0.25) is 0 Å². The molecule has 24 nitrogen and oxygen atoms in total. The SMILES string of the molecule is O=P([O-])(OS(=O)(=O)O)c1ccccc1.O=P([O-])(OS(=O)(=O)O)c1ccccc1.O=P([O-])(OS(=O)(=O)O)c1ccccc1.O=P([O-])(OS(=O)(=O)O)c1ccccc1.[Zr+4]. The van der Waals surface area contributed by atoms with E-state index in [1.54, 1.807) is 24.3 Å². The molecule has 312 valence electrons. The zero-order valence-corrected chi connectivity index (χ0v) is 36.7. The monoisotopic (exact) mass is 1040 g/mol. The van der Waals surface area contributed by atoms with Crippen molar-refractivity contribution in [2.75, 3.05) is 0 Å². The number of hydrogen-bond acceptors (Lipinski definition) is 20. The van der Waals surface area contributed by atoms with E-state index in [0.717, 1.165) is 48.5 Å². The first-order valence-corrected chi connectivity index (χ1v) is 25.1. The topological polar surface area (TPSA) is 415 Å². The largest absolute Gasteiger partial charge is 4.00 e. The summed E-state index contributed by atoms with van der Waals surface area (Å²) in [5.74, 6) is 0. The van der Waals surface area contributed by atoms with Crippen molar-refractivity contribution in [2.45, 2.75) is 0 Å². The number of rotatable bonds is 12. The Morgan fingerprint density at radius 1 is 0.333 bits per heavy atom. The van der Waals surface area contributed by atoms with Crippen molar-refractivity contribution in [3.63, 3.8) is 0 Å². The molecule has 4 unspecified atom stereocenters. The molecule has 0 radical (unpaired) electrons. The van der Waals surface area contributed by atoms with Crippen LogP contribution < -0.4 is 40.8 Å². The van der Waals surface area contributed by atoms with Crippen molar-refractivity contribution in [3.8, 4) is 0 Å². The van der Waals surface area contributed by atoms with Crippen LogP contribution in [-0.2, 0) is 102 Å². The second-order valence-corrected chi connectivity index (χ2v) is 21.2. The third-order valence-electron chi connectivity index (χ3n) is 5.06. The van der Waals surface area contributed by atoms with E-state index in [2.05, 4.69) is 15.9 Å². The summed E-state index contributed by atoms with van der Waals surface area (Å²) in [4.78, 5) is 44.5. The van der Waals surface area contributed by atoms with Gasteiger partial charge in [-0.3, -0.25) is 18.2 Å². The maximum atomic E-state index is 11.1. The summed E-state index contributed by atoms with van der Waals surface area (Å²) in [5, 5.41) is -1.29. The van der Waals surface area contributed by atoms with Crippen molar-refractivity contribution in [3.05, 3.63) is 121 Å². The van der Waals surface area contributed by atoms with E-state index in [1.165, 1.54) is 48.5 Å². The molecule has 57 heavy (non-hydrogen) atoms. The summed E-state index contributed by atoms with van der Waals surface area (Å²) >= 11 is 0. The molecule has 0 saturated heterocycles. The van der Waals surface area contributed by atoms with Crippen molar-refractivity contribution in [2.24, 2.45) is 0 Å². The van der Waals surface area contributed by atoms with E-state index in [1.807, 2.05) is 0 Å². The van der Waals surface area contributed by atoms with E-state index in [0.29, 0.717) is 0 Å². The van der Waals surface area contributed by atoms with Crippen LogP contribution in [0.5, 0.6) is 0 Å². The minimum absolute atomic E-state index is 0. The fourth-order valence-electron chi connectivity index (χ4n) is 3.11. The van der Waals surface area contributed by atoms with Crippen molar-refractivity contribution >= 4 is 93.2 Å². The summed E-state index contributed by atoms with van der Waals surface area (Å²) in [6, 6.07) is 26.6. The zero-order valence-electron chi connectivity index (χ0n) is 27.4. The molecule has 4 atom stereocenters. The molecule has 33 heteroatoms. The quantitative estimate of drug-likeness (QED) is 0.0950. The minimum Gasteiger partial charge on any atom is -0.774 e. The molecule has 4 N–H and O–H groups in total. The Hall–Kier alpha value is -2.00. The molecule has 0 aliphatic heterocycles. The molecule has 0 aliphatic carbocycles. The van der Waals surface area contributed by atoms with Gasteiger partial charge in [-0.25, -0.2) is 0 Å². The van der Waals surface area contributed by atoms with Crippen LogP contribution in [0.2, 0.25) is 0 Å². The van der Waals surface area contributed by atoms with Gasteiger partial charge < -0.3 is 37.8 Å². The fourth-order valence-corrected chi connectivity index (χ4v) is 10.6. The third-order valence-corrected chi connectivity index (χ3v) is 14.9. The first kappa shape index (κ1) is 55.0. The van der Waals surface area contributed by atoms with E-state index in [9.17, 15) is 71.5 Å². The van der Waals surface area contributed by atoms with Crippen molar-refractivity contribution < 1.29 is 132 Å². The smallest absolute Gasteiger partial charge is 0.774 e. The van der Waals surface area contributed by atoms with E-state index in [-0.39, 0.29) is 47.4 Å². The minimum atomic E-state index is -5.01. The Morgan fingerprint density at radius 2 is 0.456 bits per heavy atom.